The molecule has 0 spiro atoms. The Morgan fingerprint density at radius 3 is 2.42 bits per heavy atom. The number of hydrazine groups is 1. The molecule has 6 N–H and O–H groups in total. The number of amides is 1. The van der Waals surface area contributed by atoms with Gasteiger partial charge in [0.05, 0.1) is 12.1 Å². The molecule has 10 heteroatoms. The number of carboxylic acid groups (broad SMARTS) is 1. The number of hydrogen-bond donors (Lipinski definition) is 6. The van der Waals surface area contributed by atoms with Gasteiger partial charge in [0.2, 0.25) is 5.91 Å². The number of carboxylic acids is 1. The molecule has 198 valence electrons. The largest absolute Gasteiger partial charge is 0.481 e. The molecule has 4 saturated heterocycles. The summed E-state index contributed by atoms with van der Waals surface area (Å²) in [5.74, 6) is -0.417. The number of anilines is 2. The molecule has 0 aliphatic carbocycles. The summed E-state index contributed by atoms with van der Waals surface area (Å²) in [5.41, 5.74) is 8.04. The highest BCUT2D eigenvalue weighted by Crippen LogP contribution is 2.28. The van der Waals surface area contributed by atoms with Crippen LogP contribution in [0.4, 0.5) is 11.4 Å². The fourth-order valence-electron chi connectivity index (χ4n) is 6.16. The number of nitrogens with zero attached hydrogens (tertiary/aromatic N) is 2. The summed E-state index contributed by atoms with van der Waals surface area (Å²) < 4.78 is 0. The van der Waals surface area contributed by atoms with Gasteiger partial charge >= 0.3 is 5.97 Å². The number of hydrogen-bond acceptors (Lipinski definition) is 8. The average molecular weight is 500 g/mol. The van der Waals surface area contributed by atoms with Crippen LogP contribution in [-0.4, -0.2) is 73.1 Å². The maximum atomic E-state index is 12.8. The molecule has 1 amide bonds. The second kappa shape index (κ2) is 11.8. The van der Waals surface area contributed by atoms with Crippen molar-refractivity contribution in [2.24, 2.45) is 11.8 Å². The zero-order valence-corrected chi connectivity index (χ0v) is 21.0. The smallest absolute Gasteiger partial charge is 0.303 e. The van der Waals surface area contributed by atoms with Crippen molar-refractivity contribution in [3.63, 3.8) is 0 Å². The van der Waals surface area contributed by atoms with Crippen LogP contribution in [0.15, 0.2) is 24.3 Å². The summed E-state index contributed by atoms with van der Waals surface area (Å²) in [5, 5.41) is 19.9. The van der Waals surface area contributed by atoms with Gasteiger partial charge in [-0.2, -0.15) is 0 Å². The fourth-order valence-corrected chi connectivity index (χ4v) is 6.16. The van der Waals surface area contributed by atoms with Crippen LogP contribution in [0.3, 0.4) is 0 Å². The van der Waals surface area contributed by atoms with Gasteiger partial charge < -0.3 is 15.3 Å². The first-order chi connectivity index (χ1) is 17.6. The first-order valence-electron chi connectivity index (χ1n) is 13.7. The molecule has 4 aliphatic heterocycles. The van der Waals surface area contributed by atoms with Gasteiger partial charge in [0.25, 0.3) is 0 Å². The van der Waals surface area contributed by atoms with E-state index in [9.17, 15) is 9.59 Å². The Hall–Kier alpha value is -2.40. The fraction of sp³-hybridized carbons (Fsp3) is 0.692. The number of carbonyl (C=O) groups excluding carboxylic acids is 1. The molecule has 4 heterocycles. The van der Waals surface area contributed by atoms with Crippen molar-refractivity contribution in [3.8, 4) is 0 Å². The van der Waals surface area contributed by atoms with Crippen LogP contribution in [0.2, 0.25) is 0 Å². The van der Waals surface area contributed by atoms with E-state index < -0.39 is 5.97 Å². The second-order valence-corrected chi connectivity index (χ2v) is 10.7. The van der Waals surface area contributed by atoms with Gasteiger partial charge in [-0.15, -0.1) is 0 Å². The molecule has 0 saturated carbocycles. The molecular formula is C26H41N7O3. The number of rotatable bonds is 7. The SMILES string of the molecule is O=C(O)CCC1CCN(c2ccc(NC3NC(N4CCCCCC4)NC4CNNC(=O)C43)cc2)CC1. The van der Waals surface area contributed by atoms with E-state index in [4.69, 9.17) is 5.11 Å². The molecule has 4 aliphatic rings. The van der Waals surface area contributed by atoms with Crippen molar-refractivity contribution in [2.45, 2.75) is 69.9 Å². The van der Waals surface area contributed by atoms with Crippen LogP contribution >= 0.6 is 0 Å². The number of likely N-dealkylation sites (tertiary alicyclic amines) is 1. The Kier molecular flexibility index (Phi) is 8.25. The van der Waals surface area contributed by atoms with Crippen molar-refractivity contribution < 1.29 is 14.7 Å². The van der Waals surface area contributed by atoms with Gasteiger partial charge in [-0.05, 0) is 62.3 Å². The lowest BCUT2D eigenvalue weighted by Gasteiger charge is -2.48. The third kappa shape index (κ3) is 6.11. The van der Waals surface area contributed by atoms with Gasteiger partial charge in [-0.3, -0.25) is 30.5 Å². The number of piperidine rings is 1. The van der Waals surface area contributed by atoms with E-state index in [1.165, 1.54) is 31.4 Å². The van der Waals surface area contributed by atoms with Crippen LogP contribution in [0, 0.1) is 11.8 Å². The van der Waals surface area contributed by atoms with Gasteiger partial charge in [-0.25, -0.2) is 5.43 Å². The van der Waals surface area contributed by atoms with Gasteiger partial charge in [-0.1, -0.05) is 12.8 Å². The molecule has 4 atom stereocenters. The summed E-state index contributed by atoms with van der Waals surface area (Å²) in [7, 11) is 0. The summed E-state index contributed by atoms with van der Waals surface area (Å²) in [4.78, 5) is 28.5. The van der Waals surface area contributed by atoms with Crippen LogP contribution in [0.5, 0.6) is 0 Å². The van der Waals surface area contributed by atoms with E-state index in [1.54, 1.807) is 0 Å². The Labute approximate surface area is 213 Å². The molecule has 4 fully saturated rings. The number of benzene rings is 1. The van der Waals surface area contributed by atoms with Gasteiger partial charge in [0.15, 0.2) is 0 Å². The van der Waals surface area contributed by atoms with Crippen molar-refractivity contribution in [1.82, 2.24) is 26.4 Å². The van der Waals surface area contributed by atoms with E-state index in [0.29, 0.717) is 12.5 Å². The highest BCUT2D eigenvalue weighted by atomic mass is 16.4. The highest BCUT2D eigenvalue weighted by molar-refractivity contribution is 5.81. The topological polar surface area (TPSA) is 121 Å². The zero-order chi connectivity index (χ0) is 24.9. The molecule has 36 heavy (non-hydrogen) atoms. The van der Waals surface area contributed by atoms with Crippen molar-refractivity contribution >= 4 is 23.3 Å². The lowest BCUT2D eigenvalue weighted by molar-refractivity contribution is -0.137. The Morgan fingerprint density at radius 2 is 1.72 bits per heavy atom. The van der Waals surface area contributed by atoms with Gasteiger partial charge in [0.1, 0.15) is 6.29 Å². The van der Waals surface area contributed by atoms with E-state index >= 15 is 0 Å². The normalized spacial score (nSPS) is 30.2. The Bertz CT molecular complexity index is 882. The summed E-state index contributed by atoms with van der Waals surface area (Å²) in [6.45, 7) is 4.75. The molecule has 1 aromatic rings. The van der Waals surface area contributed by atoms with E-state index in [1.807, 2.05) is 0 Å². The summed E-state index contributed by atoms with van der Waals surface area (Å²) >= 11 is 0. The van der Waals surface area contributed by atoms with E-state index in [-0.39, 0.29) is 36.7 Å². The van der Waals surface area contributed by atoms with Crippen molar-refractivity contribution in [3.05, 3.63) is 24.3 Å². The van der Waals surface area contributed by atoms with Crippen LogP contribution in [0.25, 0.3) is 0 Å². The predicted molar refractivity (Wildman–Crippen MR) is 139 cm³/mol. The maximum absolute atomic E-state index is 12.8. The van der Waals surface area contributed by atoms with Crippen molar-refractivity contribution in [1.29, 1.82) is 0 Å². The Balaban J connectivity index is 1.21. The van der Waals surface area contributed by atoms with E-state index in [0.717, 1.165) is 51.1 Å². The molecule has 4 unspecified atom stereocenters. The molecular weight excluding hydrogens is 458 g/mol. The van der Waals surface area contributed by atoms with Crippen molar-refractivity contribution in [2.75, 3.05) is 42.9 Å². The minimum Gasteiger partial charge on any atom is -0.481 e. The van der Waals surface area contributed by atoms with Gasteiger partial charge in [0, 0.05) is 56.6 Å². The summed E-state index contributed by atoms with van der Waals surface area (Å²) in [6.07, 6.45) is 7.97. The molecule has 10 nitrogen and oxygen atoms in total. The molecule has 0 bridgehead atoms. The standard InChI is InChI=1S/C26H41N7O3/c34-22(35)10-5-18-11-15-32(16-12-18)20-8-6-19(7-9-20)28-24-23-21(17-27-31-25(23)36)29-26(30-24)33-13-3-1-2-4-14-33/h6-9,18,21,23-24,26-30H,1-5,10-17H2,(H,31,36)(H,34,35). The Morgan fingerprint density at radius 1 is 1.00 bits per heavy atom. The number of aliphatic carboxylic acids is 1. The minimum absolute atomic E-state index is 0.000422. The monoisotopic (exact) mass is 499 g/mol. The second-order valence-electron chi connectivity index (χ2n) is 10.7. The average Bonchev–Trinajstić information content (AvgIpc) is 3.18. The number of fused-ring (bicyclic) bond motifs is 1. The van der Waals surface area contributed by atoms with E-state index in [2.05, 4.69) is 60.9 Å². The molecule has 5 rings (SSSR count). The van der Waals surface area contributed by atoms with Crippen LogP contribution in [0.1, 0.15) is 51.4 Å². The lowest BCUT2D eigenvalue weighted by Crippen LogP contribution is -2.76. The molecule has 1 aromatic carbocycles. The lowest BCUT2D eigenvalue weighted by atomic mass is 9.91. The minimum atomic E-state index is -0.699. The molecule has 0 radical (unpaired) electrons. The number of carbonyl (C=O) groups is 2. The quantitative estimate of drug-likeness (QED) is 0.331. The summed E-state index contributed by atoms with van der Waals surface area (Å²) in [6, 6.07) is 8.54. The molecule has 0 aromatic heterocycles. The zero-order valence-electron chi connectivity index (χ0n) is 21.0. The predicted octanol–water partition coefficient (Wildman–Crippen LogP) is 1.48. The maximum Gasteiger partial charge on any atom is 0.303 e. The van der Waals surface area contributed by atoms with Crippen LogP contribution in [-0.2, 0) is 9.59 Å². The highest BCUT2D eigenvalue weighted by Gasteiger charge is 2.44. The third-order valence-corrected chi connectivity index (χ3v) is 8.28. The first-order valence-corrected chi connectivity index (χ1v) is 13.7. The van der Waals surface area contributed by atoms with Crippen LogP contribution < -0.4 is 31.7 Å². The third-order valence-electron chi connectivity index (χ3n) is 8.28. The first kappa shape index (κ1) is 25.3. The number of nitrogens with one attached hydrogen (secondary N) is 5.